The Balaban J connectivity index is 3.53. The van der Waals surface area contributed by atoms with E-state index in [1.54, 1.807) is 6.08 Å². The van der Waals surface area contributed by atoms with Crippen LogP contribution >= 0.6 is 0 Å². The van der Waals surface area contributed by atoms with Gasteiger partial charge in [0.1, 0.15) is 0 Å². The van der Waals surface area contributed by atoms with Crippen molar-refractivity contribution in [1.82, 2.24) is 5.32 Å². The fourth-order valence-corrected chi connectivity index (χ4v) is 7.84. The van der Waals surface area contributed by atoms with Gasteiger partial charge in [-0.15, -0.1) is 0 Å². The van der Waals surface area contributed by atoms with E-state index in [1.165, 1.54) is 225 Å². The number of unbranched alkanes of at least 4 members (excludes halogenated alkanes) is 37. The largest absolute Gasteiger partial charge is 0.394 e. The molecular weight excluding hydrogens is 675 g/mol. The third-order valence-electron chi connectivity index (χ3n) is 11.7. The molecule has 0 bridgehead atoms. The van der Waals surface area contributed by atoms with Crippen molar-refractivity contribution in [2.45, 2.75) is 289 Å². The summed E-state index contributed by atoms with van der Waals surface area (Å²) < 4.78 is 0. The van der Waals surface area contributed by atoms with E-state index in [0.717, 1.165) is 32.1 Å². The molecule has 0 fully saturated rings. The van der Waals surface area contributed by atoms with Crippen molar-refractivity contribution < 1.29 is 15.0 Å². The number of amides is 1. The summed E-state index contributed by atoms with van der Waals surface area (Å²) in [5.41, 5.74) is 0. The SMILES string of the molecule is CCCCCCCCCCCCCCCCCCCCCC/C=C/CC/C=C/C(O)C(CO)NC(=O)CCCCCCCCCCCCCCCCCCC. The Hall–Kier alpha value is -1.13. The van der Waals surface area contributed by atoms with Crippen LogP contribution in [0.4, 0.5) is 0 Å². The van der Waals surface area contributed by atoms with Crippen molar-refractivity contribution in [1.29, 1.82) is 0 Å². The van der Waals surface area contributed by atoms with Crippen LogP contribution in [-0.4, -0.2) is 34.9 Å². The van der Waals surface area contributed by atoms with Crippen LogP contribution in [0.25, 0.3) is 0 Å². The van der Waals surface area contributed by atoms with E-state index in [0.29, 0.717) is 6.42 Å². The Labute approximate surface area is 345 Å². The van der Waals surface area contributed by atoms with Gasteiger partial charge < -0.3 is 15.5 Å². The molecule has 0 heterocycles. The van der Waals surface area contributed by atoms with E-state index < -0.39 is 12.1 Å². The molecule has 55 heavy (non-hydrogen) atoms. The van der Waals surface area contributed by atoms with Crippen molar-refractivity contribution in [3.05, 3.63) is 24.3 Å². The molecule has 3 N–H and O–H groups in total. The molecule has 0 saturated heterocycles. The summed E-state index contributed by atoms with van der Waals surface area (Å²) in [6.07, 6.45) is 61.7. The van der Waals surface area contributed by atoms with Crippen LogP contribution < -0.4 is 5.32 Å². The van der Waals surface area contributed by atoms with Gasteiger partial charge in [0.15, 0.2) is 0 Å². The minimum absolute atomic E-state index is 0.0691. The highest BCUT2D eigenvalue weighted by molar-refractivity contribution is 5.76. The lowest BCUT2D eigenvalue weighted by molar-refractivity contribution is -0.123. The maximum atomic E-state index is 12.4. The highest BCUT2D eigenvalue weighted by atomic mass is 16.3. The van der Waals surface area contributed by atoms with Crippen LogP contribution in [0.1, 0.15) is 277 Å². The monoisotopic (exact) mass is 774 g/mol. The molecule has 0 aromatic rings. The number of hydrogen-bond acceptors (Lipinski definition) is 3. The maximum Gasteiger partial charge on any atom is 0.220 e. The summed E-state index contributed by atoms with van der Waals surface area (Å²) in [4.78, 5) is 12.4. The quantitative estimate of drug-likeness (QED) is 0.0426. The Kier molecular flexibility index (Phi) is 46.3. The molecule has 0 aliphatic carbocycles. The molecule has 0 rings (SSSR count). The molecule has 0 saturated carbocycles. The first-order valence-electron chi connectivity index (χ1n) is 25.1. The minimum atomic E-state index is -0.858. The molecule has 4 nitrogen and oxygen atoms in total. The Morgan fingerprint density at radius 3 is 1.05 bits per heavy atom. The van der Waals surface area contributed by atoms with Gasteiger partial charge in [0, 0.05) is 6.42 Å². The first-order valence-corrected chi connectivity index (χ1v) is 25.1. The summed E-state index contributed by atoms with van der Waals surface area (Å²) in [6.45, 7) is 4.33. The first-order chi connectivity index (χ1) is 27.2. The molecular formula is C51H99NO3. The normalized spacial score (nSPS) is 13.0. The number of hydrogen-bond donors (Lipinski definition) is 3. The molecule has 0 aliphatic rings. The van der Waals surface area contributed by atoms with Crippen LogP contribution in [0, 0.1) is 0 Å². The molecule has 0 aliphatic heterocycles. The van der Waals surface area contributed by atoms with Crippen LogP contribution in [-0.2, 0) is 4.79 Å². The molecule has 2 unspecified atom stereocenters. The first kappa shape index (κ1) is 53.9. The number of allylic oxidation sites excluding steroid dienone is 3. The molecule has 0 aromatic carbocycles. The number of aliphatic hydroxyl groups excluding tert-OH is 2. The van der Waals surface area contributed by atoms with Crippen LogP contribution in [0.15, 0.2) is 24.3 Å². The van der Waals surface area contributed by atoms with Gasteiger partial charge >= 0.3 is 0 Å². The zero-order valence-corrected chi connectivity index (χ0v) is 37.5. The highest BCUT2D eigenvalue weighted by Crippen LogP contribution is 2.17. The second kappa shape index (κ2) is 47.2. The predicted molar refractivity (Wildman–Crippen MR) is 244 cm³/mol. The molecule has 2 atom stereocenters. The molecule has 0 spiro atoms. The van der Waals surface area contributed by atoms with Crippen LogP contribution in [0.2, 0.25) is 0 Å². The minimum Gasteiger partial charge on any atom is -0.394 e. The average Bonchev–Trinajstić information content (AvgIpc) is 3.19. The number of carbonyl (C=O) groups is 1. The predicted octanol–water partition coefficient (Wildman–Crippen LogP) is 16.0. The molecule has 4 heteroatoms. The number of rotatable bonds is 46. The molecule has 326 valence electrons. The second-order valence-corrected chi connectivity index (χ2v) is 17.2. The second-order valence-electron chi connectivity index (χ2n) is 17.2. The highest BCUT2D eigenvalue weighted by Gasteiger charge is 2.17. The van der Waals surface area contributed by atoms with Crippen molar-refractivity contribution in [3.8, 4) is 0 Å². The summed E-state index contributed by atoms with van der Waals surface area (Å²) in [7, 11) is 0. The van der Waals surface area contributed by atoms with Gasteiger partial charge in [0.25, 0.3) is 0 Å². The lowest BCUT2D eigenvalue weighted by Gasteiger charge is -2.19. The third-order valence-corrected chi connectivity index (χ3v) is 11.7. The van der Waals surface area contributed by atoms with Gasteiger partial charge in [0.2, 0.25) is 5.91 Å². The van der Waals surface area contributed by atoms with E-state index in [2.05, 4.69) is 31.3 Å². The summed E-state index contributed by atoms with van der Waals surface area (Å²) in [6, 6.07) is -0.635. The fourth-order valence-electron chi connectivity index (χ4n) is 7.84. The number of aliphatic hydroxyl groups is 2. The van der Waals surface area contributed by atoms with Crippen molar-refractivity contribution in [2.24, 2.45) is 0 Å². The third kappa shape index (κ3) is 43.8. The zero-order valence-electron chi connectivity index (χ0n) is 37.5. The van der Waals surface area contributed by atoms with Gasteiger partial charge in [-0.1, -0.05) is 263 Å². The van der Waals surface area contributed by atoms with Crippen molar-refractivity contribution >= 4 is 5.91 Å². The lowest BCUT2D eigenvalue weighted by Crippen LogP contribution is -2.45. The van der Waals surface area contributed by atoms with E-state index in [-0.39, 0.29) is 12.5 Å². The molecule has 0 radical (unpaired) electrons. The topological polar surface area (TPSA) is 69.6 Å². The van der Waals surface area contributed by atoms with Crippen LogP contribution in [0.3, 0.4) is 0 Å². The van der Waals surface area contributed by atoms with Crippen LogP contribution in [0.5, 0.6) is 0 Å². The lowest BCUT2D eigenvalue weighted by atomic mass is 10.0. The smallest absolute Gasteiger partial charge is 0.220 e. The summed E-state index contributed by atoms with van der Waals surface area (Å²) in [5, 5.41) is 23.1. The standard InChI is InChI=1S/C51H99NO3/c1-3-5-7-9-11-13-15-17-19-21-22-23-24-25-26-27-28-29-31-32-34-36-38-40-42-44-46-50(54)49(48-53)52-51(55)47-45-43-41-39-37-35-33-30-20-18-16-14-12-10-8-6-4-2/h36,38,44,46,49-50,53-54H,3-35,37,39-43,45,47-48H2,1-2H3,(H,52,55)/b38-36+,46-44+. The average molecular weight is 774 g/mol. The fraction of sp³-hybridized carbons (Fsp3) is 0.902. The van der Waals surface area contributed by atoms with Gasteiger partial charge in [-0.3, -0.25) is 4.79 Å². The number of carbonyl (C=O) groups excluding carboxylic acids is 1. The van der Waals surface area contributed by atoms with E-state index >= 15 is 0 Å². The van der Waals surface area contributed by atoms with E-state index in [1.807, 2.05) is 6.08 Å². The Bertz CT molecular complexity index is 795. The van der Waals surface area contributed by atoms with Gasteiger partial charge in [-0.05, 0) is 32.1 Å². The van der Waals surface area contributed by atoms with Gasteiger partial charge in [-0.2, -0.15) is 0 Å². The molecule has 1 amide bonds. The zero-order chi connectivity index (χ0) is 40.0. The van der Waals surface area contributed by atoms with Gasteiger partial charge in [0.05, 0.1) is 18.8 Å². The summed E-state index contributed by atoms with van der Waals surface area (Å²) >= 11 is 0. The Morgan fingerprint density at radius 2 is 0.709 bits per heavy atom. The van der Waals surface area contributed by atoms with E-state index in [4.69, 9.17) is 0 Å². The Morgan fingerprint density at radius 1 is 0.418 bits per heavy atom. The summed E-state index contributed by atoms with van der Waals surface area (Å²) in [5.74, 6) is -0.0691. The van der Waals surface area contributed by atoms with Crippen molar-refractivity contribution in [2.75, 3.05) is 6.61 Å². The number of nitrogens with one attached hydrogen (secondary N) is 1. The molecule has 0 aromatic heterocycles. The van der Waals surface area contributed by atoms with Crippen molar-refractivity contribution in [3.63, 3.8) is 0 Å². The van der Waals surface area contributed by atoms with E-state index in [9.17, 15) is 15.0 Å². The maximum absolute atomic E-state index is 12.4. The van der Waals surface area contributed by atoms with Gasteiger partial charge in [-0.25, -0.2) is 0 Å².